The Morgan fingerprint density at radius 3 is 2.10 bits per heavy atom. The Labute approximate surface area is 135 Å². The van der Waals surface area contributed by atoms with Crippen molar-refractivity contribution in [2.75, 3.05) is 18.0 Å². The van der Waals surface area contributed by atoms with Crippen LogP contribution in [0.2, 0.25) is 10.0 Å². The Morgan fingerprint density at radius 1 is 0.905 bits per heavy atom. The first-order chi connectivity index (χ1) is 10.1. The third kappa shape index (κ3) is 3.18. The zero-order chi connectivity index (χ0) is 14.8. The summed E-state index contributed by atoms with van der Waals surface area (Å²) >= 11 is 12.0. The summed E-state index contributed by atoms with van der Waals surface area (Å²) in [5.41, 5.74) is 2.47. The van der Waals surface area contributed by atoms with E-state index in [4.69, 9.17) is 23.2 Å². The van der Waals surface area contributed by atoms with Gasteiger partial charge in [0.25, 0.3) is 0 Å². The van der Waals surface area contributed by atoms with E-state index in [1.165, 1.54) is 11.3 Å². The van der Waals surface area contributed by atoms with Crippen LogP contribution < -0.4 is 10.2 Å². The van der Waals surface area contributed by atoms with E-state index < -0.39 is 0 Å². The lowest BCUT2D eigenvalue weighted by molar-refractivity contribution is 0.422. The van der Waals surface area contributed by atoms with Crippen molar-refractivity contribution in [2.24, 2.45) is 0 Å². The molecule has 0 amide bonds. The van der Waals surface area contributed by atoms with Crippen LogP contribution in [-0.4, -0.2) is 19.1 Å². The van der Waals surface area contributed by atoms with Crippen LogP contribution in [-0.2, 0) is 0 Å². The van der Waals surface area contributed by atoms with Gasteiger partial charge in [0.15, 0.2) is 0 Å². The Hall–Kier alpha value is -1.22. The van der Waals surface area contributed by atoms with Crippen LogP contribution in [0, 0.1) is 0 Å². The van der Waals surface area contributed by atoms with Gasteiger partial charge < -0.3 is 10.2 Å². The van der Waals surface area contributed by atoms with Gasteiger partial charge in [-0.2, -0.15) is 0 Å². The predicted octanol–water partition coefficient (Wildman–Crippen LogP) is 4.53. The molecular weight excluding hydrogens is 303 g/mol. The largest absolute Gasteiger partial charge is 0.359 e. The molecule has 1 aliphatic rings. The molecule has 1 fully saturated rings. The van der Waals surface area contributed by atoms with E-state index in [2.05, 4.69) is 41.4 Å². The molecule has 1 aliphatic heterocycles. The van der Waals surface area contributed by atoms with Crippen molar-refractivity contribution in [2.45, 2.75) is 19.0 Å². The Bertz CT molecular complexity index is 595. The quantitative estimate of drug-likeness (QED) is 0.874. The van der Waals surface area contributed by atoms with Gasteiger partial charge in [-0.1, -0.05) is 35.3 Å². The van der Waals surface area contributed by atoms with Crippen molar-refractivity contribution in [3.8, 4) is 0 Å². The number of nitrogens with zero attached hydrogens (tertiary/aromatic N) is 1. The molecule has 2 atom stereocenters. The van der Waals surface area contributed by atoms with E-state index in [1.807, 2.05) is 24.3 Å². The first-order valence-corrected chi connectivity index (χ1v) is 7.91. The second-order valence-corrected chi connectivity index (χ2v) is 6.33. The molecule has 0 radical (unpaired) electrons. The number of anilines is 1. The van der Waals surface area contributed by atoms with Crippen LogP contribution >= 0.6 is 23.2 Å². The molecule has 2 aromatic carbocycles. The smallest absolute Gasteiger partial charge is 0.0670 e. The summed E-state index contributed by atoms with van der Waals surface area (Å²) in [5.74, 6) is 0. The maximum atomic E-state index is 6.01. The summed E-state index contributed by atoms with van der Waals surface area (Å²) in [6.45, 7) is 4.14. The minimum Gasteiger partial charge on any atom is -0.359 e. The fourth-order valence-electron chi connectivity index (χ4n) is 2.94. The van der Waals surface area contributed by atoms with Gasteiger partial charge in [0.2, 0.25) is 0 Å². The van der Waals surface area contributed by atoms with Gasteiger partial charge in [-0.3, -0.25) is 0 Å². The maximum Gasteiger partial charge on any atom is 0.0670 e. The SMILES string of the molecule is CC1CNCC(c2ccc(Cl)cc2)N1c1ccc(Cl)cc1. The molecule has 0 aliphatic carbocycles. The van der Waals surface area contributed by atoms with Gasteiger partial charge in [-0.25, -0.2) is 0 Å². The molecule has 2 nitrogen and oxygen atoms in total. The van der Waals surface area contributed by atoms with E-state index >= 15 is 0 Å². The van der Waals surface area contributed by atoms with Gasteiger partial charge in [-0.15, -0.1) is 0 Å². The van der Waals surface area contributed by atoms with Crippen LogP contribution in [0.3, 0.4) is 0 Å². The van der Waals surface area contributed by atoms with Crippen LogP contribution in [0.15, 0.2) is 48.5 Å². The Morgan fingerprint density at radius 2 is 1.48 bits per heavy atom. The predicted molar refractivity (Wildman–Crippen MR) is 90.5 cm³/mol. The van der Waals surface area contributed by atoms with Gasteiger partial charge in [0, 0.05) is 34.9 Å². The highest BCUT2D eigenvalue weighted by Crippen LogP contribution is 2.32. The second-order valence-electron chi connectivity index (χ2n) is 5.46. The first kappa shape index (κ1) is 14.7. The number of hydrogen-bond acceptors (Lipinski definition) is 2. The summed E-state index contributed by atoms with van der Waals surface area (Å²) < 4.78 is 0. The summed E-state index contributed by atoms with van der Waals surface area (Å²) in [5, 5.41) is 5.05. The average Bonchev–Trinajstić information content (AvgIpc) is 2.49. The molecule has 1 saturated heterocycles. The minimum absolute atomic E-state index is 0.298. The molecule has 0 spiro atoms. The van der Waals surface area contributed by atoms with Crippen molar-refractivity contribution < 1.29 is 0 Å². The molecule has 1 heterocycles. The molecule has 0 bridgehead atoms. The van der Waals surface area contributed by atoms with Crippen LogP contribution in [0.4, 0.5) is 5.69 Å². The lowest BCUT2D eigenvalue weighted by Gasteiger charge is -2.43. The first-order valence-electron chi connectivity index (χ1n) is 7.15. The van der Waals surface area contributed by atoms with Crippen LogP contribution in [0.1, 0.15) is 18.5 Å². The fraction of sp³-hybridized carbons (Fsp3) is 0.294. The summed E-state index contributed by atoms with van der Waals surface area (Å²) in [6.07, 6.45) is 0. The van der Waals surface area contributed by atoms with Crippen LogP contribution in [0.5, 0.6) is 0 Å². The van der Waals surface area contributed by atoms with E-state index in [9.17, 15) is 0 Å². The molecule has 0 aromatic heterocycles. The second kappa shape index (κ2) is 6.27. The molecule has 0 saturated carbocycles. The summed E-state index contributed by atoms with van der Waals surface area (Å²) in [4.78, 5) is 2.45. The zero-order valence-electron chi connectivity index (χ0n) is 11.9. The minimum atomic E-state index is 0.298. The standard InChI is InChI=1S/C17H18Cl2N2/c1-12-10-20-11-17(13-2-4-14(18)5-3-13)21(12)16-8-6-15(19)7-9-16/h2-9,12,17,20H,10-11H2,1H3. The lowest BCUT2D eigenvalue weighted by Crippen LogP contribution is -2.51. The zero-order valence-corrected chi connectivity index (χ0v) is 13.4. The number of piperazine rings is 1. The van der Waals surface area contributed by atoms with E-state index in [-0.39, 0.29) is 0 Å². The van der Waals surface area contributed by atoms with Crippen molar-refractivity contribution in [1.29, 1.82) is 0 Å². The van der Waals surface area contributed by atoms with Gasteiger partial charge in [0.1, 0.15) is 0 Å². The number of benzene rings is 2. The topological polar surface area (TPSA) is 15.3 Å². The molecule has 110 valence electrons. The maximum absolute atomic E-state index is 6.01. The molecule has 2 aromatic rings. The fourth-order valence-corrected chi connectivity index (χ4v) is 3.20. The number of nitrogens with one attached hydrogen (secondary N) is 1. The van der Waals surface area contributed by atoms with Gasteiger partial charge in [-0.05, 0) is 48.9 Å². The molecule has 4 heteroatoms. The normalized spacial score (nSPS) is 22.3. The molecule has 2 unspecified atom stereocenters. The number of rotatable bonds is 2. The summed E-state index contributed by atoms with van der Waals surface area (Å²) in [7, 11) is 0. The van der Waals surface area contributed by atoms with Crippen molar-refractivity contribution in [3.63, 3.8) is 0 Å². The van der Waals surface area contributed by atoms with E-state index in [1.54, 1.807) is 0 Å². The lowest BCUT2D eigenvalue weighted by atomic mass is 9.99. The van der Waals surface area contributed by atoms with E-state index in [0.717, 1.165) is 23.1 Å². The molecule has 21 heavy (non-hydrogen) atoms. The van der Waals surface area contributed by atoms with Gasteiger partial charge in [0.05, 0.1) is 6.04 Å². The third-order valence-electron chi connectivity index (χ3n) is 3.97. The van der Waals surface area contributed by atoms with Crippen molar-refractivity contribution >= 4 is 28.9 Å². The Kier molecular flexibility index (Phi) is 4.39. The van der Waals surface area contributed by atoms with Crippen molar-refractivity contribution in [1.82, 2.24) is 5.32 Å². The molecular formula is C17H18Cl2N2. The summed E-state index contributed by atoms with van der Waals surface area (Å²) in [6, 6.07) is 16.9. The van der Waals surface area contributed by atoms with E-state index in [0.29, 0.717) is 12.1 Å². The highest BCUT2D eigenvalue weighted by atomic mass is 35.5. The van der Waals surface area contributed by atoms with Crippen LogP contribution in [0.25, 0.3) is 0 Å². The molecule has 3 rings (SSSR count). The highest BCUT2D eigenvalue weighted by molar-refractivity contribution is 6.30. The Balaban J connectivity index is 1.96. The van der Waals surface area contributed by atoms with Crippen molar-refractivity contribution in [3.05, 3.63) is 64.1 Å². The number of hydrogen-bond donors (Lipinski definition) is 1. The molecule has 1 N–H and O–H groups in total. The van der Waals surface area contributed by atoms with Gasteiger partial charge >= 0.3 is 0 Å². The highest BCUT2D eigenvalue weighted by Gasteiger charge is 2.28. The third-order valence-corrected chi connectivity index (χ3v) is 4.47. The monoisotopic (exact) mass is 320 g/mol. The average molecular weight is 321 g/mol. The number of halogens is 2.